The van der Waals surface area contributed by atoms with Crippen LogP contribution in [0.2, 0.25) is 0 Å². The van der Waals surface area contributed by atoms with E-state index in [0.29, 0.717) is 44.7 Å². The molecule has 1 atom stereocenters. The van der Waals surface area contributed by atoms with Crippen LogP contribution < -0.4 is 5.73 Å². The van der Waals surface area contributed by atoms with Crippen LogP contribution in [-0.2, 0) is 11.2 Å². The molecule has 2 aliphatic rings. The van der Waals surface area contributed by atoms with E-state index >= 15 is 0 Å². The smallest absolute Gasteiger partial charge is 0.273 e. The standard InChI is InChI=1S/C13H18N4O2S/c14-4-3-11-15-10(8-20-11)13(19)16-5-6-17-9(7-16)1-2-12(17)18/h8-9H,1-7,14H2. The fraction of sp³-hybridized carbons (Fsp3) is 0.615. The Hall–Kier alpha value is -1.47. The molecular formula is C13H18N4O2S. The molecule has 2 N–H and O–H groups in total. The second kappa shape index (κ2) is 5.49. The van der Waals surface area contributed by atoms with Crippen molar-refractivity contribution in [3.63, 3.8) is 0 Å². The summed E-state index contributed by atoms with van der Waals surface area (Å²) in [6, 6.07) is 0.197. The molecule has 6 nitrogen and oxygen atoms in total. The van der Waals surface area contributed by atoms with Crippen molar-refractivity contribution in [3.05, 3.63) is 16.1 Å². The zero-order valence-corrected chi connectivity index (χ0v) is 12.1. The van der Waals surface area contributed by atoms with Crippen molar-refractivity contribution in [3.8, 4) is 0 Å². The number of piperazine rings is 1. The van der Waals surface area contributed by atoms with Crippen LogP contribution >= 0.6 is 11.3 Å². The van der Waals surface area contributed by atoms with E-state index in [-0.39, 0.29) is 17.9 Å². The summed E-state index contributed by atoms with van der Waals surface area (Å²) in [7, 11) is 0. The lowest BCUT2D eigenvalue weighted by Gasteiger charge is -2.37. The second-order valence-electron chi connectivity index (χ2n) is 5.20. The highest BCUT2D eigenvalue weighted by Crippen LogP contribution is 2.24. The minimum atomic E-state index is -0.0245. The molecule has 7 heteroatoms. The molecule has 2 aliphatic heterocycles. The monoisotopic (exact) mass is 294 g/mol. The Kier molecular flexibility index (Phi) is 3.71. The zero-order valence-electron chi connectivity index (χ0n) is 11.2. The van der Waals surface area contributed by atoms with Gasteiger partial charge >= 0.3 is 0 Å². The van der Waals surface area contributed by atoms with Gasteiger partial charge in [-0.25, -0.2) is 4.98 Å². The van der Waals surface area contributed by atoms with Crippen molar-refractivity contribution in [1.29, 1.82) is 0 Å². The molecule has 0 aliphatic carbocycles. The summed E-state index contributed by atoms with van der Waals surface area (Å²) in [6.45, 7) is 2.43. The fourth-order valence-corrected chi connectivity index (χ4v) is 3.65. The molecule has 3 rings (SSSR count). The van der Waals surface area contributed by atoms with Gasteiger partial charge in [-0.3, -0.25) is 9.59 Å². The quantitative estimate of drug-likeness (QED) is 0.857. The summed E-state index contributed by atoms with van der Waals surface area (Å²) >= 11 is 1.48. The first-order valence-electron chi connectivity index (χ1n) is 6.92. The summed E-state index contributed by atoms with van der Waals surface area (Å²) < 4.78 is 0. The predicted molar refractivity (Wildman–Crippen MR) is 75.5 cm³/mol. The van der Waals surface area contributed by atoms with E-state index in [0.717, 1.165) is 11.4 Å². The Bertz CT molecular complexity index is 530. The maximum atomic E-state index is 12.4. The molecule has 0 radical (unpaired) electrons. The summed E-state index contributed by atoms with van der Waals surface area (Å²) in [6.07, 6.45) is 2.19. The van der Waals surface area contributed by atoms with Crippen LogP contribution in [0.5, 0.6) is 0 Å². The maximum Gasteiger partial charge on any atom is 0.273 e. The van der Waals surface area contributed by atoms with Crippen molar-refractivity contribution in [2.75, 3.05) is 26.2 Å². The molecule has 0 bridgehead atoms. The van der Waals surface area contributed by atoms with E-state index in [1.165, 1.54) is 11.3 Å². The number of amides is 2. The van der Waals surface area contributed by atoms with Gasteiger partial charge in [0.2, 0.25) is 5.91 Å². The average molecular weight is 294 g/mol. The molecule has 0 saturated carbocycles. The van der Waals surface area contributed by atoms with Gasteiger partial charge in [-0.1, -0.05) is 0 Å². The normalized spacial score (nSPS) is 22.2. The van der Waals surface area contributed by atoms with E-state index in [1.807, 2.05) is 9.80 Å². The van der Waals surface area contributed by atoms with Crippen LogP contribution in [0.3, 0.4) is 0 Å². The third-order valence-corrected chi connectivity index (χ3v) is 4.82. The molecule has 108 valence electrons. The fourth-order valence-electron chi connectivity index (χ4n) is 2.86. The third kappa shape index (κ3) is 2.43. The predicted octanol–water partition coefficient (Wildman–Crippen LogP) is 0.0911. The molecule has 1 aromatic rings. The van der Waals surface area contributed by atoms with E-state index in [1.54, 1.807) is 5.38 Å². The van der Waals surface area contributed by atoms with Crippen molar-refractivity contribution in [1.82, 2.24) is 14.8 Å². The van der Waals surface area contributed by atoms with Crippen molar-refractivity contribution in [2.45, 2.75) is 25.3 Å². The number of aromatic nitrogens is 1. The van der Waals surface area contributed by atoms with Gasteiger partial charge in [-0.2, -0.15) is 0 Å². The second-order valence-corrected chi connectivity index (χ2v) is 6.14. The molecule has 2 amide bonds. The van der Waals surface area contributed by atoms with Crippen LogP contribution in [0, 0.1) is 0 Å². The zero-order chi connectivity index (χ0) is 14.1. The van der Waals surface area contributed by atoms with Gasteiger partial charge in [-0.15, -0.1) is 11.3 Å². The number of hydrogen-bond donors (Lipinski definition) is 1. The Morgan fingerprint density at radius 3 is 3.15 bits per heavy atom. The van der Waals surface area contributed by atoms with Gasteiger partial charge in [0.05, 0.1) is 5.01 Å². The van der Waals surface area contributed by atoms with Crippen LogP contribution in [0.1, 0.15) is 28.3 Å². The van der Waals surface area contributed by atoms with Crippen LogP contribution in [0.25, 0.3) is 0 Å². The molecule has 20 heavy (non-hydrogen) atoms. The summed E-state index contributed by atoms with van der Waals surface area (Å²) in [5.74, 6) is 0.199. The largest absolute Gasteiger partial charge is 0.336 e. The van der Waals surface area contributed by atoms with Crippen molar-refractivity contribution < 1.29 is 9.59 Å². The van der Waals surface area contributed by atoms with Gasteiger partial charge < -0.3 is 15.5 Å². The molecule has 2 saturated heterocycles. The van der Waals surface area contributed by atoms with E-state index in [9.17, 15) is 9.59 Å². The lowest BCUT2D eigenvalue weighted by atomic mass is 10.1. The molecule has 0 aromatic carbocycles. The topological polar surface area (TPSA) is 79.5 Å². The minimum Gasteiger partial charge on any atom is -0.336 e. The Morgan fingerprint density at radius 1 is 1.50 bits per heavy atom. The molecule has 3 heterocycles. The first kappa shape index (κ1) is 13.5. The Morgan fingerprint density at radius 2 is 2.35 bits per heavy atom. The number of fused-ring (bicyclic) bond motifs is 1. The van der Waals surface area contributed by atoms with Gasteiger partial charge in [0.25, 0.3) is 5.91 Å². The number of thiazole rings is 1. The molecular weight excluding hydrogens is 276 g/mol. The Labute approximate surface area is 121 Å². The van der Waals surface area contributed by atoms with Crippen molar-refractivity contribution >= 4 is 23.2 Å². The summed E-state index contributed by atoms with van der Waals surface area (Å²) in [5.41, 5.74) is 6.00. The molecule has 0 spiro atoms. The molecule has 1 unspecified atom stereocenters. The highest BCUT2D eigenvalue weighted by molar-refractivity contribution is 7.09. The number of carbonyl (C=O) groups excluding carboxylic acids is 2. The minimum absolute atomic E-state index is 0.0245. The van der Waals surface area contributed by atoms with E-state index in [2.05, 4.69) is 4.98 Å². The van der Waals surface area contributed by atoms with Crippen molar-refractivity contribution in [2.24, 2.45) is 5.73 Å². The first-order chi connectivity index (χ1) is 9.69. The number of carbonyl (C=O) groups is 2. The van der Waals surface area contributed by atoms with E-state index in [4.69, 9.17) is 5.73 Å². The van der Waals surface area contributed by atoms with Gasteiger partial charge in [0.15, 0.2) is 0 Å². The third-order valence-electron chi connectivity index (χ3n) is 3.91. The van der Waals surface area contributed by atoms with Crippen LogP contribution in [0.4, 0.5) is 0 Å². The highest BCUT2D eigenvalue weighted by atomic mass is 32.1. The summed E-state index contributed by atoms with van der Waals surface area (Å²) in [5, 5.41) is 2.71. The molecule has 1 aromatic heterocycles. The van der Waals surface area contributed by atoms with Gasteiger partial charge in [0, 0.05) is 43.9 Å². The average Bonchev–Trinajstić information content (AvgIpc) is 3.06. The molecule has 2 fully saturated rings. The SMILES string of the molecule is NCCc1nc(C(=O)N2CCN3C(=O)CCC3C2)cs1. The lowest BCUT2D eigenvalue weighted by Crippen LogP contribution is -2.53. The summed E-state index contributed by atoms with van der Waals surface area (Å²) in [4.78, 5) is 32.1. The number of nitrogens with two attached hydrogens (primary N) is 1. The number of nitrogens with zero attached hydrogens (tertiary/aromatic N) is 3. The van der Waals surface area contributed by atoms with Gasteiger partial charge in [0.1, 0.15) is 5.69 Å². The van der Waals surface area contributed by atoms with Gasteiger partial charge in [-0.05, 0) is 13.0 Å². The number of hydrogen-bond acceptors (Lipinski definition) is 5. The van der Waals surface area contributed by atoms with Crippen LogP contribution in [-0.4, -0.2) is 58.8 Å². The lowest BCUT2D eigenvalue weighted by molar-refractivity contribution is -0.130. The highest BCUT2D eigenvalue weighted by Gasteiger charge is 2.37. The number of rotatable bonds is 3. The van der Waals surface area contributed by atoms with Crippen LogP contribution in [0.15, 0.2) is 5.38 Å². The first-order valence-corrected chi connectivity index (χ1v) is 7.80. The van der Waals surface area contributed by atoms with E-state index < -0.39 is 0 Å². The Balaban J connectivity index is 1.67. The maximum absolute atomic E-state index is 12.4.